The predicted octanol–water partition coefficient (Wildman–Crippen LogP) is 11.0. The smallest absolute Gasteiger partial charge is 0.323 e. The van der Waals surface area contributed by atoms with Gasteiger partial charge in [0, 0.05) is 9.75 Å². The van der Waals surface area contributed by atoms with E-state index in [4.69, 9.17) is 12.2 Å². The number of hydrogen-bond acceptors (Lipinski definition) is 5. The number of rotatable bonds is 6. The SMILES string of the molecule is O=C(O)CN1C(=O)/C(=C/c2ccc(-c3ccc4c5c(cccc35)-c3c-4c(-c4ccccc4)c4ccccc4c3-c3ccccc3)s2)SC1=S. The van der Waals surface area contributed by atoms with E-state index in [-0.39, 0.29) is 10.2 Å². The second-order valence-corrected chi connectivity index (χ2v) is 14.8. The van der Waals surface area contributed by atoms with Crippen molar-refractivity contribution in [3.63, 3.8) is 0 Å². The number of thiocarbonyl (C=S) groups is 1. The van der Waals surface area contributed by atoms with Crippen molar-refractivity contribution in [2.75, 3.05) is 6.54 Å². The molecule has 1 aliphatic heterocycles. The lowest BCUT2D eigenvalue weighted by molar-refractivity contribution is -0.140. The Labute approximate surface area is 296 Å². The number of fused-ring (bicyclic) bond motifs is 4. The minimum absolute atomic E-state index is 0.264. The van der Waals surface area contributed by atoms with Gasteiger partial charge in [0.15, 0.2) is 0 Å². The van der Waals surface area contributed by atoms with Crippen molar-refractivity contribution in [1.29, 1.82) is 0 Å². The van der Waals surface area contributed by atoms with Crippen LogP contribution in [-0.4, -0.2) is 32.7 Å². The Morgan fingerprint density at radius 2 is 1.22 bits per heavy atom. The number of aliphatic carboxylic acids is 1. The Kier molecular flexibility index (Phi) is 7.09. The van der Waals surface area contributed by atoms with Gasteiger partial charge in [-0.15, -0.1) is 11.3 Å². The van der Waals surface area contributed by atoms with Crippen LogP contribution in [0.15, 0.2) is 132 Å². The molecule has 0 bridgehead atoms. The van der Waals surface area contributed by atoms with Gasteiger partial charge in [0.1, 0.15) is 10.9 Å². The minimum atomic E-state index is -1.09. The highest BCUT2D eigenvalue weighted by Gasteiger charge is 2.34. The molecule has 2 heterocycles. The summed E-state index contributed by atoms with van der Waals surface area (Å²) in [5.74, 6) is -1.46. The number of hydrogen-bond donors (Lipinski definition) is 1. The third-order valence-electron chi connectivity index (χ3n) is 9.25. The van der Waals surface area contributed by atoms with Gasteiger partial charge in [0.2, 0.25) is 0 Å². The Bertz CT molecular complexity index is 2480. The van der Waals surface area contributed by atoms with Gasteiger partial charge in [-0.05, 0) is 89.8 Å². The zero-order valence-electron chi connectivity index (χ0n) is 25.8. The van der Waals surface area contributed by atoms with Crippen LogP contribution in [0.1, 0.15) is 4.88 Å². The van der Waals surface area contributed by atoms with Crippen molar-refractivity contribution in [2.45, 2.75) is 0 Å². The lowest BCUT2D eigenvalue weighted by Crippen LogP contribution is -2.33. The lowest BCUT2D eigenvalue weighted by Gasteiger charge is -2.20. The van der Waals surface area contributed by atoms with Gasteiger partial charge in [0.25, 0.3) is 5.91 Å². The van der Waals surface area contributed by atoms with Crippen molar-refractivity contribution in [3.05, 3.63) is 137 Å². The molecule has 7 heteroatoms. The molecular formula is C42H25NO3S3. The van der Waals surface area contributed by atoms with E-state index in [1.54, 1.807) is 11.3 Å². The summed E-state index contributed by atoms with van der Waals surface area (Å²) in [5, 5.41) is 14.1. The summed E-state index contributed by atoms with van der Waals surface area (Å²) < 4.78 is 0.264. The number of thiophene rings is 1. The van der Waals surface area contributed by atoms with E-state index < -0.39 is 12.5 Å². The number of carbonyl (C=O) groups excluding carboxylic acids is 1. The number of carboxylic acids is 1. The molecule has 0 unspecified atom stereocenters. The fourth-order valence-corrected chi connectivity index (χ4v) is 9.61. The topological polar surface area (TPSA) is 57.6 Å². The average Bonchev–Trinajstić information content (AvgIpc) is 3.80. The molecule has 2 aliphatic rings. The number of thioether (sulfide) groups is 1. The Hall–Kier alpha value is -5.34. The van der Waals surface area contributed by atoms with E-state index in [1.165, 1.54) is 66.1 Å². The molecule has 9 rings (SSSR count). The standard InChI is InChI=1S/C42H25NO3S3/c44-35(45)23-43-41(46)34(49-42(43)47)22-26-18-21-33(48-26)27-19-20-32-38-28(27)16-9-17-31(38)39-36(24-10-3-1-4-11-24)29-14-7-8-15-30(29)37(40(32)39)25-12-5-2-6-13-25/h1-22H,23H2,(H,44,45)/b34-22-. The van der Waals surface area contributed by atoms with Crippen molar-refractivity contribution in [2.24, 2.45) is 0 Å². The van der Waals surface area contributed by atoms with Crippen molar-refractivity contribution < 1.29 is 14.7 Å². The number of carboxylic acid groups (broad SMARTS) is 1. The van der Waals surface area contributed by atoms with Gasteiger partial charge in [-0.1, -0.05) is 139 Å². The van der Waals surface area contributed by atoms with Crippen LogP contribution in [-0.2, 0) is 9.59 Å². The van der Waals surface area contributed by atoms with Crippen molar-refractivity contribution in [1.82, 2.24) is 4.90 Å². The largest absolute Gasteiger partial charge is 0.480 e. The molecule has 0 spiro atoms. The monoisotopic (exact) mass is 687 g/mol. The van der Waals surface area contributed by atoms with Gasteiger partial charge >= 0.3 is 5.97 Å². The van der Waals surface area contributed by atoms with Crippen LogP contribution in [0, 0.1) is 0 Å². The summed E-state index contributed by atoms with van der Waals surface area (Å²) >= 11 is 8.05. The maximum atomic E-state index is 12.9. The maximum absolute atomic E-state index is 12.9. The zero-order valence-corrected chi connectivity index (χ0v) is 28.3. The molecule has 1 amide bonds. The normalized spacial score (nSPS) is 14.4. The van der Waals surface area contributed by atoms with Gasteiger partial charge in [0.05, 0.1) is 4.91 Å². The summed E-state index contributed by atoms with van der Waals surface area (Å²) in [7, 11) is 0. The lowest BCUT2D eigenvalue weighted by atomic mass is 9.82. The van der Waals surface area contributed by atoms with Crippen LogP contribution in [0.25, 0.3) is 82.6 Å². The van der Waals surface area contributed by atoms with Crippen molar-refractivity contribution in [3.8, 4) is 54.9 Å². The molecule has 0 atom stereocenters. The molecule has 0 saturated carbocycles. The Morgan fingerprint density at radius 3 is 1.86 bits per heavy atom. The predicted molar refractivity (Wildman–Crippen MR) is 208 cm³/mol. The van der Waals surface area contributed by atoms with Crippen LogP contribution in [0.2, 0.25) is 0 Å². The first-order valence-electron chi connectivity index (χ1n) is 15.8. The second kappa shape index (κ2) is 11.7. The number of benzene rings is 6. The third kappa shape index (κ3) is 4.76. The summed E-state index contributed by atoms with van der Waals surface area (Å²) in [4.78, 5) is 27.8. The molecule has 49 heavy (non-hydrogen) atoms. The Morgan fingerprint density at radius 1 is 0.653 bits per heavy atom. The second-order valence-electron chi connectivity index (χ2n) is 12.0. The van der Waals surface area contributed by atoms with Crippen LogP contribution in [0.3, 0.4) is 0 Å². The highest BCUT2D eigenvalue weighted by molar-refractivity contribution is 8.26. The van der Waals surface area contributed by atoms with Crippen LogP contribution in [0.4, 0.5) is 0 Å². The van der Waals surface area contributed by atoms with Gasteiger partial charge in [-0.2, -0.15) is 0 Å². The molecule has 4 nitrogen and oxygen atoms in total. The first-order valence-corrected chi connectivity index (χ1v) is 17.9. The zero-order chi connectivity index (χ0) is 33.2. The number of amides is 1. The molecule has 1 saturated heterocycles. The first kappa shape index (κ1) is 29.8. The summed E-state index contributed by atoms with van der Waals surface area (Å²) in [6, 6.07) is 45.4. The average molecular weight is 688 g/mol. The van der Waals surface area contributed by atoms with Gasteiger partial charge < -0.3 is 5.11 Å². The van der Waals surface area contributed by atoms with E-state index in [0.29, 0.717) is 4.91 Å². The van der Waals surface area contributed by atoms with Crippen molar-refractivity contribution >= 4 is 79.1 Å². The van der Waals surface area contributed by atoms with E-state index >= 15 is 0 Å². The molecule has 1 aliphatic carbocycles. The minimum Gasteiger partial charge on any atom is -0.480 e. The number of nitrogens with zero attached hydrogens (tertiary/aromatic N) is 1. The van der Waals surface area contributed by atoms with Gasteiger partial charge in [-0.3, -0.25) is 14.5 Å². The first-order chi connectivity index (χ1) is 24.0. The van der Waals surface area contributed by atoms with Gasteiger partial charge in [-0.25, -0.2) is 0 Å². The molecule has 7 aromatic rings. The summed E-state index contributed by atoms with van der Waals surface area (Å²) in [6.07, 6.45) is 1.81. The third-order valence-corrected chi connectivity index (χ3v) is 11.7. The highest BCUT2D eigenvalue weighted by Crippen LogP contribution is 2.58. The maximum Gasteiger partial charge on any atom is 0.323 e. The van der Waals surface area contributed by atoms with E-state index in [9.17, 15) is 14.7 Å². The molecule has 234 valence electrons. The fraction of sp³-hybridized carbons (Fsp3) is 0.0238. The quantitative estimate of drug-likeness (QED) is 0.139. The van der Waals surface area contributed by atoms with E-state index in [0.717, 1.165) is 32.0 Å². The Balaban J connectivity index is 1.25. The van der Waals surface area contributed by atoms with E-state index in [2.05, 4.69) is 121 Å². The molecular weight excluding hydrogens is 663 g/mol. The summed E-state index contributed by atoms with van der Waals surface area (Å²) in [6.45, 7) is -0.436. The summed E-state index contributed by atoms with van der Waals surface area (Å²) in [5.41, 5.74) is 11.0. The molecule has 1 fully saturated rings. The number of carbonyl (C=O) groups is 2. The molecule has 6 aromatic carbocycles. The fourth-order valence-electron chi connectivity index (χ4n) is 7.30. The van der Waals surface area contributed by atoms with E-state index in [1.807, 2.05) is 12.1 Å². The van der Waals surface area contributed by atoms with Crippen LogP contribution >= 0.6 is 35.3 Å². The molecule has 1 N–H and O–H groups in total. The molecule has 0 radical (unpaired) electrons. The molecule has 1 aromatic heterocycles. The van der Waals surface area contributed by atoms with Crippen LogP contribution in [0.5, 0.6) is 0 Å². The van der Waals surface area contributed by atoms with Crippen LogP contribution < -0.4 is 0 Å². The highest BCUT2D eigenvalue weighted by atomic mass is 32.2.